The van der Waals surface area contributed by atoms with Crippen LogP contribution in [0.3, 0.4) is 0 Å². The van der Waals surface area contributed by atoms with Gasteiger partial charge in [-0.2, -0.15) is 4.98 Å². The van der Waals surface area contributed by atoms with Gasteiger partial charge in [-0.05, 0) is 31.0 Å². The third-order valence-electron chi connectivity index (χ3n) is 3.60. The van der Waals surface area contributed by atoms with E-state index in [-0.39, 0.29) is 30.0 Å². The highest BCUT2D eigenvalue weighted by Crippen LogP contribution is 2.18. The van der Waals surface area contributed by atoms with E-state index in [2.05, 4.69) is 32.7 Å². The van der Waals surface area contributed by atoms with Crippen molar-refractivity contribution in [3.63, 3.8) is 0 Å². The van der Waals surface area contributed by atoms with E-state index in [9.17, 15) is 0 Å². The fourth-order valence-electron chi connectivity index (χ4n) is 2.42. The van der Waals surface area contributed by atoms with Crippen molar-refractivity contribution in [2.75, 3.05) is 20.8 Å². The van der Waals surface area contributed by atoms with E-state index in [1.54, 1.807) is 14.2 Å². The van der Waals surface area contributed by atoms with Crippen LogP contribution in [0.2, 0.25) is 0 Å². The second kappa shape index (κ2) is 11.8. The van der Waals surface area contributed by atoms with Crippen LogP contribution in [0.1, 0.15) is 31.7 Å². The number of nitrogens with one attached hydrogen (secondary N) is 2. The number of aryl methyl sites for hydroxylation is 1. The molecular formula is C18H28IN5O2. The summed E-state index contributed by atoms with van der Waals surface area (Å²) in [6.45, 7) is 5.40. The zero-order valence-corrected chi connectivity index (χ0v) is 18.1. The molecule has 144 valence electrons. The highest BCUT2D eigenvalue weighted by molar-refractivity contribution is 14.0. The van der Waals surface area contributed by atoms with Crippen LogP contribution < -0.4 is 10.6 Å². The minimum absolute atomic E-state index is 0. The number of guanidine groups is 1. The van der Waals surface area contributed by atoms with Gasteiger partial charge in [0.1, 0.15) is 0 Å². The predicted molar refractivity (Wildman–Crippen MR) is 114 cm³/mol. The monoisotopic (exact) mass is 473 g/mol. The Hall–Kier alpha value is -1.68. The molecule has 26 heavy (non-hydrogen) atoms. The Morgan fingerprint density at radius 1 is 1.38 bits per heavy atom. The molecule has 0 aliphatic carbocycles. The lowest BCUT2D eigenvalue weighted by Gasteiger charge is -2.17. The van der Waals surface area contributed by atoms with E-state index >= 15 is 0 Å². The average molecular weight is 473 g/mol. The first-order chi connectivity index (χ1) is 12.2. The Morgan fingerprint density at radius 2 is 2.19 bits per heavy atom. The number of nitrogens with zero attached hydrogens (tertiary/aromatic N) is 3. The van der Waals surface area contributed by atoms with Crippen molar-refractivity contribution in [2.24, 2.45) is 4.99 Å². The normalized spacial score (nSPS) is 12.4. The molecule has 8 heteroatoms. The summed E-state index contributed by atoms with van der Waals surface area (Å²) in [5.74, 6) is 2.04. The highest BCUT2D eigenvalue weighted by Gasteiger charge is 2.09. The molecule has 2 N–H and O–H groups in total. The van der Waals surface area contributed by atoms with Crippen LogP contribution in [-0.4, -0.2) is 42.9 Å². The Morgan fingerprint density at radius 3 is 2.88 bits per heavy atom. The Kier molecular flexibility index (Phi) is 10.2. The number of hydrogen-bond donors (Lipinski definition) is 2. The van der Waals surface area contributed by atoms with Crippen molar-refractivity contribution in [1.29, 1.82) is 0 Å². The maximum Gasteiger partial charge on any atom is 0.257 e. The van der Waals surface area contributed by atoms with Crippen LogP contribution in [-0.2, 0) is 17.7 Å². The molecule has 0 saturated heterocycles. The van der Waals surface area contributed by atoms with Crippen LogP contribution >= 0.6 is 24.0 Å². The fraction of sp³-hybridized carbons (Fsp3) is 0.500. The summed E-state index contributed by atoms with van der Waals surface area (Å²) in [7, 11) is 3.43. The summed E-state index contributed by atoms with van der Waals surface area (Å²) in [5, 5.41) is 10.6. The lowest BCUT2D eigenvalue weighted by atomic mass is 10.1. The molecule has 1 aromatic carbocycles. The van der Waals surface area contributed by atoms with Crippen LogP contribution in [0.5, 0.6) is 0 Å². The minimum Gasteiger partial charge on any atom is -0.383 e. The van der Waals surface area contributed by atoms with E-state index in [0.29, 0.717) is 19.0 Å². The van der Waals surface area contributed by atoms with Crippen molar-refractivity contribution in [2.45, 2.75) is 39.3 Å². The third-order valence-corrected chi connectivity index (χ3v) is 3.60. The summed E-state index contributed by atoms with van der Waals surface area (Å²) in [5.41, 5.74) is 2.03. The molecular weight excluding hydrogens is 445 g/mol. The quantitative estimate of drug-likeness (QED) is 0.349. The van der Waals surface area contributed by atoms with Gasteiger partial charge in [-0.3, -0.25) is 4.99 Å². The summed E-state index contributed by atoms with van der Waals surface area (Å²) >= 11 is 0. The number of rotatable bonds is 8. The zero-order chi connectivity index (χ0) is 18.1. The summed E-state index contributed by atoms with van der Waals surface area (Å²) in [4.78, 5) is 8.66. The van der Waals surface area contributed by atoms with Crippen molar-refractivity contribution < 1.29 is 9.26 Å². The van der Waals surface area contributed by atoms with Gasteiger partial charge in [0.15, 0.2) is 11.8 Å². The Bertz CT molecular complexity index is 690. The average Bonchev–Trinajstić information content (AvgIpc) is 3.08. The van der Waals surface area contributed by atoms with Gasteiger partial charge >= 0.3 is 0 Å². The molecule has 1 atom stereocenters. The maximum atomic E-state index is 5.35. The van der Waals surface area contributed by atoms with E-state index in [1.807, 2.05) is 31.2 Å². The maximum absolute atomic E-state index is 5.35. The zero-order valence-electron chi connectivity index (χ0n) is 15.8. The van der Waals surface area contributed by atoms with Crippen LogP contribution in [0.4, 0.5) is 0 Å². The van der Waals surface area contributed by atoms with Gasteiger partial charge in [0.25, 0.3) is 5.89 Å². The smallest absolute Gasteiger partial charge is 0.257 e. The number of benzene rings is 1. The molecule has 0 aliphatic rings. The SMILES string of the molecule is CCCc1noc(-c2cccc(CNC(=NC)NC(C)COC)c2)n1.I. The number of halogens is 1. The fourth-order valence-corrected chi connectivity index (χ4v) is 2.42. The highest BCUT2D eigenvalue weighted by atomic mass is 127. The first-order valence-electron chi connectivity index (χ1n) is 8.54. The van der Waals surface area contributed by atoms with Crippen molar-refractivity contribution in [1.82, 2.24) is 20.8 Å². The van der Waals surface area contributed by atoms with Crippen LogP contribution in [0.25, 0.3) is 11.5 Å². The molecule has 2 aromatic rings. The molecule has 7 nitrogen and oxygen atoms in total. The van der Waals surface area contributed by atoms with Crippen LogP contribution in [0.15, 0.2) is 33.8 Å². The van der Waals surface area contributed by atoms with Gasteiger partial charge in [-0.1, -0.05) is 24.2 Å². The number of aromatic nitrogens is 2. The van der Waals surface area contributed by atoms with E-state index in [0.717, 1.165) is 35.8 Å². The summed E-state index contributed by atoms with van der Waals surface area (Å²) in [6, 6.07) is 8.23. The molecule has 0 fully saturated rings. The largest absolute Gasteiger partial charge is 0.383 e. The van der Waals surface area contributed by atoms with Gasteiger partial charge < -0.3 is 19.9 Å². The number of ether oxygens (including phenoxy) is 1. The Balaban J connectivity index is 0.00000338. The predicted octanol–water partition coefficient (Wildman–Crippen LogP) is 3.01. The van der Waals surface area contributed by atoms with Gasteiger partial charge in [-0.25, -0.2) is 0 Å². The molecule has 1 heterocycles. The molecule has 1 unspecified atom stereocenters. The molecule has 1 aromatic heterocycles. The van der Waals surface area contributed by atoms with E-state index < -0.39 is 0 Å². The molecule has 0 aliphatic heterocycles. The molecule has 0 saturated carbocycles. The van der Waals surface area contributed by atoms with E-state index in [4.69, 9.17) is 9.26 Å². The van der Waals surface area contributed by atoms with Crippen LogP contribution in [0, 0.1) is 0 Å². The van der Waals surface area contributed by atoms with Gasteiger partial charge in [0.2, 0.25) is 0 Å². The number of hydrogen-bond acceptors (Lipinski definition) is 5. The molecule has 0 radical (unpaired) electrons. The second-order valence-corrected chi connectivity index (χ2v) is 5.89. The number of methoxy groups -OCH3 is 1. The molecule has 0 bridgehead atoms. The topological polar surface area (TPSA) is 84.6 Å². The first-order valence-corrected chi connectivity index (χ1v) is 8.54. The standard InChI is InChI=1S/C18H27N5O2.HI/c1-5-7-16-22-17(25-23-16)15-9-6-8-14(10-15)11-20-18(19-3)21-13(2)12-24-4;/h6,8-10,13H,5,7,11-12H2,1-4H3,(H2,19,20,21);1H. The third kappa shape index (κ3) is 6.91. The minimum atomic E-state index is 0. The lowest BCUT2D eigenvalue weighted by Crippen LogP contribution is -2.43. The molecule has 2 rings (SSSR count). The van der Waals surface area contributed by atoms with Crippen molar-refractivity contribution in [3.05, 3.63) is 35.7 Å². The van der Waals surface area contributed by atoms with Gasteiger partial charge in [0, 0.05) is 38.7 Å². The van der Waals surface area contributed by atoms with Gasteiger partial charge in [-0.15, -0.1) is 24.0 Å². The summed E-state index contributed by atoms with van der Waals surface area (Å²) in [6.07, 6.45) is 1.82. The van der Waals surface area contributed by atoms with Crippen molar-refractivity contribution in [3.8, 4) is 11.5 Å². The lowest BCUT2D eigenvalue weighted by molar-refractivity contribution is 0.179. The molecule has 0 spiro atoms. The first kappa shape index (κ1) is 22.4. The van der Waals surface area contributed by atoms with Gasteiger partial charge in [0.05, 0.1) is 6.61 Å². The van der Waals surface area contributed by atoms with Crippen molar-refractivity contribution >= 4 is 29.9 Å². The second-order valence-electron chi connectivity index (χ2n) is 5.89. The molecule has 0 amide bonds. The number of aliphatic imine (C=N–C) groups is 1. The van der Waals surface area contributed by atoms with E-state index in [1.165, 1.54) is 0 Å². The Labute approximate surface area is 172 Å². The summed E-state index contributed by atoms with van der Waals surface area (Å²) < 4.78 is 10.5.